The van der Waals surface area contributed by atoms with E-state index in [2.05, 4.69) is 4.98 Å². The molecule has 1 aromatic rings. The van der Waals surface area contributed by atoms with Crippen molar-refractivity contribution in [1.82, 2.24) is 4.98 Å². The zero-order chi connectivity index (χ0) is 8.77. The molecule has 1 aliphatic carbocycles. The average Bonchev–Trinajstić information content (AvgIpc) is 2.68. The molecule has 0 amide bonds. The molecule has 2 rings (SSSR count). The van der Waals surface area contributed by atoms with Gasteiger partial charge in [0, 0.05) is 6.07 Å². The number of rotatable bonds is 1. The van der Waals surface area contributed by atoms with Crippen LogP contribution in [0, 0.1) is 11.6 Å². The summed E-state index contributed by atoms with van der Waals surface area (Å²) in [5, 5.41) is 0. The lowest BCUT2D eigenvalue weighted by Gasteiger charge is -2.07. The largest absolute Gasteiger partial charge is 0.320 e. The molecular formula is C8H8F2N2. The molecule has 0 saturated heterocycles. The molecule has 64 valence electrons. The summed E-state index contributed by atoms with van der Waals surface area (Å²) in [6.45, 7) is 0. The van der Waals surface area contributed by atoms with E-state index in [1.54, 1.807) is 0 Å². The molecule has 0 aromatic carbocycles. The van der Waals surface area contributed by atoms with Gasteiger partial charge in [0.05, 0.1) is 17.4 Å². The molecule has 12 heavy (non-hydrogen) atoms. The molecule has 0 spiro atoms. The Balaban J connectivity index is 2.45. The van der Waals surface area contributed by atoms with Crippen LogP contribution in [-0.4, -0.2) is 4.98 Å². The minimum Gasteiger partial charge on any atom is -0.320 e. The van der Waals surface area contributed by atoms with Gasteiger partial charge in [-0.15, -0.1) is 0 Å². The molecule has 1 fully saturated rings. The fourth-order valence-corrected chi connectivity index (χ4v) is 1.15. The molecule has 0 unspecified atom stereocenters. The van der Waals surface area contributed by atoms with E-state index in [0.717, 1.165) is 25.1 Å². The third kappa shape index (κ3) is 1.08. The summed E-state index contributed by atoms with van der Waals surface area (Å²) < 4.78 is 25.4. The van der Waals surface area contributed by atoms with Gasteiger partial charge in [-0.3, -0.25) is 4.98 Å². The van der Waals surface area contributed by atoms with E-state index in [9.17, 15) is 8.78 Å². The zero-order valence-electron chi connectivity index (χ0n) is 6.35. The third-order valence-electron chi connectivity index (χ3n) is 2.07. The third-order valence-corrected chi connectivity index (χ3v) is 2.07. The summed E-state index contributed by atoms with van der Waals surface area (Å²) in [5.74, 6) is -1.31. The van der Waals surface area contributed by atoms with Crippen LogP contribution in [0.3, 0.4) is 0 Å². The van der Waals surface area contributed by atoms with E-state index in [1.807, 2.05) is 0 Å². The van der Waals surface area contributed by atoms with Crippen LogP contribution in [0.2, 0.25) is 0 Å². The highest BCUT2D eigenvalue weighted by Crippen LogP contribution is 2.42. The maximum atomic E-state index is 13.0. The minimum atomic E-state index is -0.666. The first kappa shape index (κ1) is 7.61. The van der Waals surface area contributed by atoms with E-state index in [4.69, 9.17) is 5.73 Å². The van der Waals surface area contributed by atoms with Crippen LogP contribution in [0.4, 0.5) is 8.78 Å². The summed E-state index contributed by atoms with van der Waals surface area (Å²) >= 11 is 0. The van der Waals surface area contributed by atoms with Gasteiger partial charge in [0.15, 0.2) is 0 Å². The van der Waals surface area contributed by atoms with Crippen LogP contribution in [-0.2, 0) is 5.54 Å². The molecule has 1 aliphatic rings. The molecular weight excluding hydrogens is 162 g/mol. The Morgan fingerprint density at radius 3 is 2.58 bits per heavy atom. The predicted molar refractivity (Wildman–Crippen MR) is 39.3 cm³/mol. The molecule has 4 heteroatoms. The van der Waals surface area contributed by atoms with Crippen LogP contribution >= 0.6 is 0 Å². The predicted octanol–water partition coefficient (Wildman–Crippen LogP) is 1.31. The van der Waals surface area contributed by atoms with E-state index in [1.165, 1.54) is 0 Å². The number of hydrogen-bond acceptors (Lipinski definition) is 2. The van der Waals surface area contributed by atoms with Crippen molar-refractivity contribution < 1.29 is 8.78 Å². The molecule has 2 nitrogen and oxygen atoms in total. The number of nitrogens with two attached hydrogens (primary N) is 1. The van der Waals surface area contributed by atoms with Crippen molar-refractivity contribution in [2.75, 3.05) is 0 Å². The summed E-state index contributed by atoms with van der Waals surface area (Å²) in [7, 11) is 0. The van der Waals surface area contributed by atoms with Gasteiger partial charge < -0.3 is 5.73 Å². The molecule has 0 aliphatic heterocycles. The monoisotopic (exact) mass is 170 g/mol. The van der Waals surface area contributed by atoms with E-state index in [0.29, 0.717) is 0 Å². The van der Waals surface area contributed by atoms with Crippen molar-refractivity contribution in [3.63, 3.8) is 0 Å². The Bertz CT molecular complexity index is 321. The lowest BCUT2D eigenvalue weighted by atomic mass is 10.1. The van der Waals surface area contributed by atoms with Crippen LogP contribution in [0.1, 0.15) is 18.5 Å². The maximum absolute atomic E-state index is 13.0. The Morgan fingerprint density at radius 1 is 1.42 bits per heavy atom. The highest BCUT2D eigenvalue weighted by molar-refractivity contribution is 5.23. The maximum Gasteiger partial charge on any atom is 0.149 e. The first-order valence-corrected chi connectivity index (χ1v) is 3.72. The summed E-state index contributed by atoms with van der Waals surface area (Å²) in [4.78, 5) is 3.64. The van der Waals surface area contributed by atoms with Gasteiger partial charge in [0.25, 0.3) is 0 Å². The van der Waals surface area contributed by atoms with Gasteiger partial charge in [0.2, 0.25) is 0 Å². The van der Waals surface area contributed by atoms with Gasteiger partial charge in [0.1, 0.15) is 11.6 Å². The summed E-state index contributed by atoms with van der Waals surface area (Å²) in [6, 6.07) is 0.815. The summed E-state index contributed by atoms with van der Waals surface area (Å²) in [6.07, 6.45) is 2.44. The molecule has 0 radical (unpaired) electrons. The lowest BCUT2D eigenvalue weighted by molar-refractivity contribution is 0.532. The lowest BCUT2D eigenvalue weighted by Crippen LogP contribution is -2.22. The highest BCUT2D eigenvalue weighted by Gasteiger charge is 2.43. The first-order valence-electron chi connectivity index (χ1n) is 3.72. The Labute approximate surface area is 68.4 Å². The highest BCUT2D eigenvalue weighted by atomic mass is 19.1. The van der Waals surface area contributed by atoms with Crippen LogP contribution < -0.4 is 5.73 Å². The fourth-order valence-electron chi connectivity index (χ4n) is 1.15. The number of nitrogens with zero attached hydrogens (tertiary/aromatic N) is 1. The quantitative estimate of drug-likeness (QED) is 0.690. The number of pyridine rings is 1. The Hall–Kier alpha value is -1.03. The van der Waals surface area contributed by atoms with E-state index < -0.39 is 17.2 Å². The molecule has 0 atom stereocenters. The van der Waals surface area contributed by atoms with Crippen molar-refractivity contribution in [2.24, 2.45) is 5.73 Å². The van der Waals surface area contributed by atoms with Gasteiger partial charge in [-0.1, -0.05) is 0 Å². The average molecular weight is 170 g/mol. The van der Waals surface area contributed by atoms with Crippen molar-refractivity contribution in [3.05, 3.63) is 29.6 Å². The van der Waals surface area contributed by atoms with Crippen LogP contribution in [0.5, 0.6) is 0 Å². The minimum absolute atomic E-state index is 0.184. The first-order chi connectivity index (χ1) is 5.62. The van der Waals surface area contributed by atoms with Crippen LogP contribution in [0.15, 0.2) is 12.3 Å². The van der Waals surface area contributed by atoms with Crippen molar-refractivity contribution in [1.29, 1.82) is 0 Å². The van der Waals surface area contributed by atoms with Crippen molar-refractivity contribution in [3.8, 4) is 0 Å². The molecule has 1 saturated carbocycles. The van der Waals surface area contributed by atoms with E-state index >= 15 is 0 Å². The van der Waals surface area contributed by atoms with Gasteiger partial charge >= 0.3 is 0 Å². The number of aromatic nitrogens is 1. The van der Waals surface area contributed by atoms with E-state index in [-0.39, 0.29) is 5.69 Å². The smallest absolute Gasteiger partial charge is 0.149 e. The number of halogens is 2. The second-order valence-corrected chi connectivity index (χ2v) is 3.14. The summed E-state index contributed by atoms with van der Waals surface area (Å²) in [5.41, 5.74) is 5.25. The van der Waals surface area contributed by atoms with Crippen LogP contribution in [0.25, 0.3) is 0 Å². The molecule has 0 bridgehead atoms. The Morgan fingerprint density at radius 2 is 2.08 bits per heavy atom. The standard InChI is InChI=1S/C8H8F2N2/c9-5-3-6(10)7(12-4-5)8(11)1-2-8/h3-4H,1-2,11H2. The normalized spacial score (nSPS) is 19.2. The molecule has 1 heterocycles. The molecule has 1 aromatic heterocycles. The fraction of sp³-hybridized carbons (Fsp3) is 0.375. The second kappa shape index (κ2) is 2.23. The van der Waals surface area contributed by atoms with Gasteiger partial charge in [-0.05, 0) is 12.8 Å². The van der Waals surface area contributed by atoms with Gasteiger partial charge in [-0.25, -0.2) is 8.78 Å². The van der Waals surface area contributed by atoms with Crippen molar-refractivity contribution in [2.45, 2.75) is 18.4 Å². The topological polar surface area (TPSA) is 38.9 Å². The SMILES string of the molecule is NC1(c2ncc(F)cc2F)CC1. The van der Waals surface area contributed by atoms with Crippen molar-refractivity contribution >= 4 is 0 Å². The zero-order valence-corrected chi connectivity index (χ0v) is 6.35. The van der Waals surface area contributed by atoms with Gasteiger partial charge in [-0.2, -0.15) is 0 Å². The second-order valence-electron chi connectivity index (χ2n) is 3.14. The number of hydrogen-bond donors (Lipinski definition) is 1. The molecule has 2 N–H and O–H groups in total. The Kier molecular flexibility index (Phi) is 1.41.